The molecule has 0 spiro atoms. The molecule has 0 aromatic heterocycles. The summed E-state index contributed by atoms with van der Waals surface area (Å²) < 4.78 is 41.8. The lowest BCUT2D eigenvalue weighted by Gasteiger charge is -2.23. The van der Waals surface area contributed by atoms with Gasteiger partial charge in [0.15, 0.2) is 11.5 Å². The molecule has 0 radical (unpaired) electrons. The Morgan fingerprint density at radius 2 is 1.93 bits per heavy atom. The summed E-state index contributed by atoms with van der Waals surface area (Å²) in [5.74, 6) is 1.63. The number of fused-ring (bicyclic) bond motifs is 1. The first kappa shape index (κ1) is 21.8. The molecule has 2 aromatic rings. The van der Waals surface area contributed by atoms with Gasteiger partial charge >= 0.3 is 0 Å². The van der Waals surface area contributed by atoms with E-state index in [4.69, 9.17) is 14.2 Å². The second-order valence-electron chi connectivity index (χ2n) is 7.01. The van der Waals surface area contributed by atoms with Crippen LogP contribution in [0.4, 0.5) is 5.69 Å². The molecule has 1 atom stereocenters. The highest BCUT2D eigenvalue weighted by Crippen LogP contribution is 2.36. The van der Waals surface area contributed by atoms with Crippen molar-refractivity contribution in [3.05, 3.63) is 48.0 Å². The Bertz CT molecular complexity index is 1010. The molecule has 1 heterocycles. The van der Waals surface area contributed by atoms with Crippen molar-refractivity contribution >= 4 is 21.6 Å². The summed E-state index contributed by atoms with van der Waals surface area (Å²) in [4.78, 5) is 12.4. The molecule has 2 aromatic carbocycles. The van der Waals surface area contributed by atoms with E-state index in [9.17, 15) is 13.2 Å². The average Bonchev–Trinajstić information content (AvgIpc) is 3.18. The molecular weight excluding hydrogens is 408 g/mol. The molecule has 3 rings (SSSR count). The first-order chi connectivity index (χ1) is 14.3. The monoisotopic (exact) mass is 434 g/mol. The number of nitrogens with one attached hydrogen (secondary N) is 1. The molecule has 0 aliphatic carbocycles. The molecule has 162 valence electrons. The predicted octanol–water partition coefficient (Wildman–Crippen LogP) is 2.85. The molecule has 0 unspecified atom stereocenters. The van der Waals surface area contributed by atoms with Gasteiger partial charge in [-0.15, -0.1) is 0 Å². The molecular formula is C21H26N2O6S. The predicted molar refractivity (Wildman–Crippen MR) is 114 cm³/mol. The van der Waals surface area contributed by atoms with Gasteiger partial charge in [-0.3, -0.25) is 9.10 Å². The van der Waals surface area contributed by atoms with E-state index in [1.54, 1.807) is 25.3 Å². The second-order valence-corrected chi connectivity index (χ2v) is 8.91. The van der Waals surface area contributed by atoms with Crippen LogP contribution in [0.25, 0.3) is 0 Å². The largest absolute Gasteiger partial charge is 0.496 e. The Balaban J connectivity index is 1.59. The fourth-order valence-electron chi connectivity index (χ4n) is 3.33. The van der Waals surface area contributed by atoms with Crippen molar-refractivity contribution in [1.29, 1.82) is 0 Å². The number of ether oxygens (including phenoxy) is 3. The average molecular weight is 435 g/mol. The van der Waals surface area contributed by atoms with Crippen LogP contribution in [-0.2, 0) is 14.8 Å². The lowest BCUT2D eigenvalue weighted by molar-refractivity contribution is -0.121. The fourth-order valence-corrected chi connectivity index (χ4v) is 4.28. The highest BCUT2D eigenvalue weighted by Gasteiger charge is 2.22. The quantitative estimate of drug-likeness (QED) is 0.652. The molecule has 0 saturated heterocycles. The number of para-hydroxylation sites is 1. The van der Waals surface area contributed by atoms with Gasteiger partial charge in [-0.05, 0) is 31.5 Å². The summed E-state index contributed by atoms with van der Waals surface area (Å²) in [5, 5.41) is 2.93. The lowest BCUT2D eigenvalue weighted by atomic mass is 10.1. The van der Waals surface area contributed by atoms with Crippen LogP contribution >= 0.6 is 0 Å². The first-order valence-corrected chi connectivity index (χ1v) is 11.4. The molecule has 1 aliphatic rings. The van der Waals surface area contributed by atoms with Crippen molar-refractivity contribution in [1.82, 2.24) is 5.32 Å². The third-order valence-electron chi connectivity index (χ3n) is 4.79. The zero-order valence-corrected chi connectivity index (χ0v) is 18.1. The Morgan fingerprint density at radius 1 is 1.20 bits per heavy atom. The van der Waals surface area contributed by atoms with Crippen molar-refractivity contribution < 1.29 is 27.4 Å². The van der Waals surface area contributed by atoms with Crippen LogP contribution < -0.4 is 23.8 Å². The van der Waals surface area contributed by atoms with Crippen LogP contribution in [0.5, 0.6) is 17.2 Å². The lowest BCUT2D eigenvalue weighted by Crippen LogP contribution is -2.32. The van der Waals surface area contributed by atoms with Gasteiger partial charge in [0.2, 0.25) is 22.7 Å². The fraction of sp³-hybridized carbons (Fsp3) is 0.381. The van der Waals surface area contributed by atoms with E-state index in [2.05, 4.69) is 5.32 Å². The Labute approximate surface area is 176 Å². The first-order valence-electron chi connectivity index (χ1n) is 9.59. The Kier molecular flexibility index (Phi) is 6.71. The minimum absolute atomic E-state index is 0.113. The molecule has 1 aliphatic heterocycles. The van der Waals surface area contributed by atoms with Gasteiger partial charge in [0, 0.05) is 24.6 Å². The number of nitrogens with zero attached hydrogens (tertiary/aromatic N) is 1. The zero-order valence-electron chi connectivity index (χ0n) is 17.3. The normalized spacial score (nSPS) is 13.6. The van der Waals surface area contributed by atoms with Crippen LogP contribution in [0.2, 0.25) is 0 Å². The van der Waals surface area contributed by atoms with Crippen molar-refractivity contribution in [2.45, 2.75) is 25.8 Å². The Morgan fingerprint density at radius 3 is 2.67 bits per heavy atom. The molecule has 8 nitrogen and oxygen atoms in total. The number of rotatable bonds is 9. The number of sulfonamides is 1. The van der Waals surface area contributed by atoms with Crippen molar-refractivity contribution in [2.24, 2.45) is 0 Å². The number of amides is 1. The minimum atomic E-state index is -3.52. The molecule has 0 fully saturated rings. The van der Waals surface area contributed by atoms with Crippen molar-refractivity contribution in [3.63, 3.8) is 0 Å². The number of carbonyl (C=O) groups is 1. The molecule has 0 saturated carbocycles. The second kappa shape index (κ2) is 9.25. The van der Waals surface area contributed by atoms with Crippen LogP contribution in [0.3, 0.4) is 0 Å². The SMILES string of the molecule is COc1ccccc1[C@@H](C)NC(=O)CCCN(c1ccc2c(c1)OCO2)S(C)(=O)=O. The van der Waals surface area contributed by atoms with E-state index in [1.165, 1.54) is 4.31 Å². The van der Waals surface area contributed by atoms with Crippen LogP contribution in [-0.4, -0.2) is 41.0 Å². The number of benzene rings is 2. The topological polar surface area (TPSA) is 94.2 Å². The van der Waals surface area contributed by atoms with Gasteiger partial charge in [0.25, 0.3) is 0 Å². The van der Waals surface area contributed by atoms with E-state index in [1.807, 2.05) is 31.2 Å². The van der Waals surface area contributed by atoms with E-state index < -0.39 is 10.0 Å². The summed E-state index contributed by atoms with van der Waals surface area (Å²) in [6.07, 6.45) is 1.70. The molecule has 1 amide bonds. The Hall–Kier alpha value is -2.94. The standard InChI is InChI=1S/C21H26N2O6S/c1-15(17-7-4-5-8-18(17)27-2)22-21(24)9-6-12-23(30(3,25)26)16-10-11-19-20(13-16)29-14-28-19/h4-5,7-8,10-11,13,15H,6,9,12,14H2,1-3H3,(H,22,24)/t15-/m1/s1. The summed E-state index contributed by atoms with van der Waals surface area (Å²) in [7, 11) is -1.93. The summed E-state index contributed by atoms with van der Waals surface area (Å²) in [5.41, 5.74) is 1.36. The number of anilines is 1. The molecule has 0 bridgehead atoms. The van der Waals surface area contributed by atoms with E-state index in [-0.39, 0.29) is 31.7 Å². The highest BCUT2D eigenvalue weighted by atomic mass is 32.2. The number of hydrogen-bond donors (Lipinski definition) is 1. The van der Waals surface area contributed by atoms with Crippen LogP contribution in [0.15, 0.2) is 42.5 Å². The molecule has 30 heavy (non-hydrogen) atoms. The van der Waals surface area contributed by atoms with Crippen LogP contribution in [0, 0.1) is 0 Å². The summed E-state index contributed by atoms with van der Waals surface area (Å²) >= 11 is 0. The van der Waals surface area contributed by atoms with Gasteiger partial charge in [-0.25, -0.2) is 8.42 Å². The van der Waals surface area contributed by atoms with E-state index in [0.29, 0.717) is 29.4 Å². The van der Waals surface area contributed by atoms with Crippen molar-refractivity contribution in [2.75, 3.05) is 31.0 Å². The number of carbonyl (C=O) groups excluding carboxylic acids is 1. The molecule has 1 N–H and O–H groups in total. The third-order valence-corrected chi connectivity index (χ3v) is 5.99. The van der Waals surface area contributed by atoms with Crippen molar-refractivity contribution in [3.8, 4) is 17.2 Å². The van der Waals surface area contributed by atoms with E-state index >= 15 is 0 Å². The van der Waals surface area contributed by atoms with Gasteiger partial charge in [0.1, 0.15) is 5.75 Å². The summed E-state index contributed by atoms with van der Waals surface area (Å²) in [6, 6.07) is 12.2. The maximum atomic E-state index is 12.4. The third kappa shape index (κ3) is 5.15. The van der Waals surface area contributed by atoms with Gasteiger partial charge in [0.05, 0.1) is 25.1 Å². The van der Waals surface area contributed by atoms with Gasteiger partial charge in [-0.1, -0.05) is 18.2 Å². The summed E-state index contributed by atoms with van der Waals surface area (Å²) in [6.45, 7) is 2.17. The number of hydrogen-bond acceptors (Lipinski definition) is 6. The zero-order chi connectivity index (χ0) is 21.7. The maximum absolute atomic E-state index is 12.4. The molecule has 9 heteroatoms. The number of methoxy groups -OCH3 is 1. The minimum Gasteiger partial charge on any atom is -0.496 e. The highest BCUT2D eigenvalue weighted by molar-refractivity contribution is 7.92. The van der Waals surface area contributed by atoms with E-state index in [0.717, 1.165) is 11.8 Å². The van der Waals surface area contributed by atoms with Crippen LogP contribution in [0.1, 0.15) is 31.4 Å². The smallest absolute Gasteiger partial charge is 0.232 e. The van der Waals surface area contributed by atoms with Gasteiger partial charge < -0.3 is 19.5 Å². The van der Waals surface area contributed by atoms with Gasteiger partial charge in [-0.2, -0.15) is 0 Å². The maximum Gasteiger partial charge on any atom is 0.232 e.